The van der Waals surface area contributed by atoms with E-state index >= 15 is 0 Å². The Morgan fingerprint density at radius 1 is 1.33 bits per heavy atom. The van der Waals surface area contributed by atoms with Crippen LogP contribution in [-0.4, -0.2) is 36.6 Å². The van der Waals surface area contributed by atoms with Crippen molar-refractivity contribution < 1.29 is 4.74 Å². The maximum atomic E-state index is 6.27. The number of fused-ring (bicyclic) bond motifs is 1. The molecule has 0 aliphatic heterocycles. The zero-order valence-electron chi connectivity index (χ0n) is 14.1. The summed E-state index contributed by atoms with van der Waals surface area (Å²) in [7, 11) is 3.64. The van der Waals surface area contributed by atoms with Gasteiger partial charge in [-0.15, -0.1) is 0 Å². The van der Waals surface area contributed by atoms with Crippen molar-refractivity contribution in [2.75, 3.05) is 32.1 Å². The quantitative estimate of drug-likeness (QED) is 0.771. The lowest BCUT2D eigenvalue weighted by molar-refractivity contribution is 0.415. The van der Waals surface area contributed by atoms with E-state index in [1.165, 1.54) is 0 Å². The zero-order chi connectivity index (χ0) is 17.3. The highest BCUT2D eigenvalue weighted by atomic mass is 35.5. The Labute approximate surface area is 146 Å². The van der Waals surface area contributed by atoms with Gasteiger partial charge in [-0.1, -0.05) is 11.6 Å². The van der Waals surface area contributed by atoms with Gasteiger partial charge in [0.15, 0.2) is 0 Å². The molecule has 0 aliphatic rings. The molecule has 3 rings (SSSR count). The number of methoxy groups -OCH3 is 1. The molecule has 0 spiro atoms. The Morgan fingerprint density at radius 2 is 2.12 bits per heavy atom. The van der Waals surface area contributed by atoms with Crippen molar-refractivity contribution in [2.24, 2.45) is 5.73 Å². The molecular weight excluding hydrogens is 324 g/mol. The molecule has 0 atom stereocenters. The number of benzene rings is 1. The van der Waals surface area contributed by atoms with Crippen LogP contribution in [0.3, 0.4) is 0 Å². The van der Waals surface area contributed by atoms with Crippen LogP contribution < -0.4 is 15.4 Å². The Morgan fingerprint density at radius 3 is 2.83 bits per heavy atom. The summed E-state index contributed by atoms with van der Waals surface area (Å²) in [4.78, 5) is 6.86. The van der Waals surface area contributed by atoms with Gasteiger partial charge in [0.25, 0.3) is 0 Å². The first-order valence-electron chi connectivity index (χ1n) is 7.78. The van der Waals surface area contributed by atoms with Crippen LogP contribution in [0.2, 0.25) is 5.02 Å². The summed E-state index contributed by atoms with van der Waals surface area (Å²) < 4.78 is 7.27. The minimum absolute atomic E-state index is 0.582. The predicted octanol–water partition coefficient (Wildman–Crippen LogP) is 3.37. The number of halogens is 1. The summed E-state index contributed by atoms with van der Waals surface area (Å²) in [5.74, 6) is 0.673. The van der Waals surface area contributed by atoms with Crippen LogP contribution >= 0.6 is 11.6 Å². The number of hydrogen-bond acceptors (Lipinski definition) is 4. The first-order valence-corrected chi connectivity index (χ1v) is 8.15. The molecule has 2 N–H and O–H groups in total. The molecule has 0 bridgehead atoms. The van der Waals surface area contributed by atoms with Gasteiger partial charge < -0.3 is 19.8 Å². The van der Waals surface area contributed by atoms with Crippen LogP contribution in [0.5, 0.6) is 5.75 Å². The van der Waals surface area contributed by atoms with Gasteiger partial charge in [0.1, 0.15) is 11.4 Å². The van der Waals surface area contributed by atoms with E-state index in [4.69, 9.17) is 27.1 Å². The van der Waals surface area contributed by atoms with Crippen molar-refractivity contribution in [3.63, 3.8) is 0 Å². The highest BCUT2D eigenvalue weighted by Gasteiger charge is 2.12. The molecule has 3 aromatic rings. The highest BCUT2D eigenvalue weighted by Crippen LogP contribution is 2.33. The van der Waals surface area contributed by atoms with E-state index in [2.05, 4.69) is 17.0 Å². The van der Waals surface area contributed by atoms with Crippen molar-refractivity contribution in [1.82, 2.24) is 9.38 Å². The highest BCUT2D eigenvalue weighted by molar-refractivity contribution is 6.32. The number of anilines is 1. The number of aromatic nitrogens is 2. The molecule has 6 heteroatoms. The molecule has 2 aromatic heterocycles. The van der Waals surface area contributed by atoms with Gasteiger partial charge in [-0.25, -0.2) is 4.98 Å². The average Bonchev–Trinajstić information content (AvgIpc) is 2.99. The lowest BCUT2D eigenvalue weighted by Gasteiger charge is -2.17. The minimum atomic E-state index is 0.582. The van der Waals surface area contributed by atoms with Crippen LogP contribution in [0.15, 0.2) is 36.7 Å². The van der Waals surface area contributed by atoms with Gasteiger partial charge in [-0.05, 0) is 30.7 Å². The molecule has 1 aromatic carbocycles. The third-order valence-electron chi connectivity index (χ3n) is 4.12. The first-order chi connectivity index (χ1) is 11.5. The standard InChI is InChI=1S/C18H21ClN4O/c1-12-8-17(24-3)15(19)10-14(12)16-11-23-6-4-13(9-18(23)21-16)22(2)7-5-20/h4,6,8-11H,5,7,20H2,1-3H3. The summed E-state index contributed by atoms with van der Waals surface area (Å²) >= 11 is 6.27. The summed E-state index contributed by atoms with van der Waals surface area (Å²) in [5.41, 5.74) is 10.6. The molecule has 5 nitrogen and oxygen atoms in total. The van der Waals surface area contributed by atoms with Gasteiger partial charge >= 0.3 is 0 Å². The van der Waals surface area contributed by atoms with Crippen molar-refractivity contribution in [2.45, 2.75) is 6.92 Å². The monoisotopic (exact) mass is 344 g/mol. The lowest BCUT2D eigenvalue weighted by atomic mass is 10.1. The van der Waals surface area contributed by atoms with Crippen LogP contribution in [0, 0.1) is 6.92 Å². The second kappa shape index (κ2) is 6.71. The zero-order valence-corrected chi connectivity index (χ0v) is 14.8. The fourth-order valence-corrected chi connectivity index (χ4v) is 2.99. The second-order valence-corrected chi connectivity index (χ2v) is 6.20. The van der Waals surface area contributed by atoms with Crippen molar-refractivity contribution in [3.05, 3.63) is 47.2 Å². The lowest BCUT2D eigenvalue weighted by Crippen LogP contribution is -2.24. The molecule has 0 radical (unpaired) electrons. The van der Waals surface area contributed by atoms with E-state index in [0.29, 0.717) is 17.3 Å². The first kappa shape index (κ1) is 16.6. The van der Waals surface area contributed by atoms with E-state index in [-0.39, 0.29) is 0 Å². The van der Waals surface area contributed by atoms with Crippen LogP contribution in [0.4, 0.5) is 5.69 Å². The van der Waals surface area contributed by atoms with Gasteiger partial charge in [0, 0.05) is 49.8 Å². The smallest absolute Gasteiger partial charge is 0.139 e. The molecular formula is C18H21ClN4O. The molecule has 126 valence electrons. The van der Waals surface area contributed by atoms with E-state index in [0.717, 1.165) is 34.7 Å². The number of hydrogen-bond donors (Lipinski definition) is 1. The molecule has 0 amide bonds. The Kier molecular flexibility index (Phi) is 4.64. The number of rotatable bonds is 5. The van der Waals surface area contributed by atoms with Gasteiger partial charge in [0.2, 0.25) is 0 Å². The maximum Gasteiger partial charge on any atom is 0.139 e. The molecule has 0 saturated carbocycles. The number of nitrogens with zero attached hydrogens (tertiary/aromatic N) is 3. The number of ether oxygens (including phenoxy) is 1. The van der Waals surface area contributed by atoms with E-state index < -0.39 is 0 Å². The van der Waals surface area contributed by atoms with Crippen LogP contribution in [0.1, 0.15) is 5.56 Å². The number of aryl methyl sites for hydroxylation is 1. The largest absolute Gasteiger partial charge is 0.495 e. The van der Waals surface area contributed by atoms with E-state index in [9.17, 15) is 0 Å². The summed E-state index contributed by atoms with van der Waals surface area (Å²) in [6.45, 7) is 3.44. The number of likely N-dealkylation sites (N-methyl/N-ethyl adjacent to an activating group) is 1. The van der Waals surface area contributed by atoms with Crippen molar-refractivity contribution in [3.8, 4) is 17.0 Å². The minimum Gasteiger partial charge on any atom is -0.495 e. The predicted molar refractivity (Wildman–Crippen MR) is 99.3 cm³/mol. The van der Waals surface area contributed by atoms with E-state index in [1.807, 2.05) is 42.9 Å². The van der Waals surface area contributed by atoms with Gasteiger partial charge in [0.05, 0.1) is 17.8 Å². The van der Waals surface area contributed by atoms with E-state index in [1.54, 1.807) is 7.11 Å². The van der Waals surface area contributed by atoms with Gasteiger partial charge in [-0.2, -0.15) is 0 Å². The summed E-state index contributed by atoms with van der Waals surface area (Å²) in [6.07, 6.45) is 4.02. The number of nitrogens with two attached hydrogens (primary N) is 1. The number of pyridine rings is 1. The van der Waals surface area contributed by atoms with Crippen LogP contribution in [0.25, 0.3) is 16.9 Å². The summed E-state index contributed by atoms with van der Waals surface area (Å²) in [5, 5.41) is 0.582. The van der Waals surface area contributed by atoms with Crippen molar-refractivity contribution >= 4 is 22.9 Å². The third-order valence-corrected chi connectivity index (χ3v) is 4.42. The SMILES string of the molecule is COc1cc(C)c(-c2cn3ccc(N(C)CCN)cc3n2)cc1Cl. The molecule has 0 unspecified atom stereocenters. The third kappa shape index (κ3) is 3.05. The normalized spacial score (nSPS) is 11.0. The Balaban J connectivity index is 2.04. The topological polar surface area (TPSA) is 55.8 Å². The van der Waals surface area contributed by atoms with Gasteiger partial charge in [-0.3, -0.25) is 0 Å². The molecule has 24 heavy (non-hydrogen) atoms. The Bertz CT molecular complexity index is 875. The molecule has 0 saturated heterocycles. The fourth-order valence-electron chi connectivity index (χ4n) is 2.75. The number of imidazole rings is 1. The fraction of sp³-hybridized carbons (Fsp3) is 0.278. The molecule has 0 fully saturated rings. The maximum absolute atomic E-state index is 6.27. The second-order valence-electron chi connectivity index (χ2n) is 5.79. The van der Waals surface area contributed by atoms with Crippen molar-refractivity contribution in [1.29, 1.82) is 0 Å². The Hall–Kier alpha value is -2.24. The van der Waals surface area contributed by atoms with Crippen LogP contribution in [-0.2, 0) is 0 Å². The molecule has 0 aliphatic carbocycles. The average molecular weight is 345 g/mol. The summed E-state index contributed by atoms with van der Waals surface area (Å²) in [6, 6.07) is 7.95. The molecule has 2 heterocycles.